The molecule has 3 aromatic rings. The maximum atomic E-state index is 13.9. The van der Waals surface area contributed by atoms with E-state index in [-0.39, 0.29) is 17.8 Å². The third-order valence-electron chi connectivity index (χ3n) is 6.24. The minimum atomic E-state index is -3.93. The van der Waals surface area contributed by atoms with Gasteiger partial charge in [-0.3, -0.25) is 14.7 Å². The molecule has 0 unspecified atom stereocenters. The van der Waals surface area contributed by atoms with Gasteiger partial charge in [-0.15, -0.1) is 0 Å². The topological polar surface area (TPSA) is 95.5 Å². The maximum Gasteiger partial charge on any atom is 0.267 e. The highest BCUT2D eigenvalue weighted by atomic mass is 32.2. The standard InChI is InChI=1S/C30H36N2O4S/c1-19(2)24-16-26(20(3)4)30(27(17-24)21(5)6)37(35,36)32-25-14-10-13-23(15-25)28(18-29(33)31-34)22-11-8-7-9-12-22/h7-21,32,34H,1-6H3,(H,31,33). The van der Waals surface area contributed by atoms with Gasteiger partial charge in [0.1, 0.15) is 0 Å². The molecule has 3 N–H and O–H groups in total. The number of hydrogen-bond donors (Lipinski definition) is 3. The van der Waals surface area contributed by atoms with Crippen LogP contribution in [0.5, 0.6) is 0 Å². The van der Waals surface area contributed by atoms with Gasteiger partial charge in [-0.25, -0.2) is 13.9 Å². The van der Waals surface area contributed by atoms with Crippen molar-refractivity contribution in [2.45, 2.75) is 64.2 Å². The Balaban J connectivity index is 2.12. The van der Waals surface area contributed by atoms with Gasteiger partial charge in [-0.2, -0.15) is 0 Å². The van der Waals surface area contributed by atoms with Crippen molar-refractivity contribution in [2.75, 3.05) is 4.72 Å². The molecule has 0 bridgehead atoms. The zero-order valence-electron chi connectivity index (χ0n) is 22.2. The van der Waals surface area contributed by atoms with Crippen LogP contribution in [0.2, 0.25) is 0 Å². The summed E-state index contributed by atoms with van der Waals surface area (Å²) in [6, 6.07) is 20.1. The number of rotatable bonds is 9. The van der Waals surface area contributed by atoms with Gasteiger partial charge < -0.3 is 0 Å². The number of hydroxylamine groups is 1. The van der Waals surface area contributed by atoms with E-state index in [1.165, 1.54) is 6.08 Å². The second kappa shape index (κ2) is 11.8. The van der Waals surface area contributed by atoms with Crippen LogP contribution >= 0.6 is 0 Å². The van der Waals surface area contributed by atoms with E-state index in [2.05, 4.69) is 18.6 Å². The van der Waals surface area contributed by atoms with Crippen LogP contribution in [0.1, 0.15) is 87.1 Å². The van der Waals surface area contributed by atoms with Crippen molar-refractivity contribution < 1.29 is 18.4 Å². The van der Waals surface area contributed by atoms with E-state index < -0.39 is 15.9 Å². The van der Waals surface area contributed by atoms with Gasteiger partial charge in [0.15, 0.2) is 0 Å². The van der Waals surface area contributed by atoms with Crippen molar-refractivity contribution in [1.82, 2.24) is 5.48 Å². The molecule has 1 amide bonds. The third-order valence-corrected chi connectivity index (χ3v) is 7.76. The molecule has 6 nitrogen and oxygen atoms in total. The highest BCUT2D eigenvalue weighted by Gasteiger charge is 2.27. The lowest BCUT2D eigenvalue weighted by atomic mass is 9.89. The molecule has 0 aliphatic heterocycles. The minimum Gasteiger partial charge on any atom is -0.288 e. The summed E-state index contributed by atoms with van der Waals surface area (Å²) in [6.07, 6.45) is 1.28. The van der Waals surface area contributed by atoms with Crippen LogP contribution in [0.25, 0.3) is 5.57 Å². The quantitative estimate of drug-likeness (QED) is 0.164. The number of carbonyl (C=O) groups excluding carboxylic acids is 1. The Morgan fingerprint density at radius 2 is 1.35 bits per heavy atom. The van der Waals surface area contributed by atoms with Crippen LogP contribution in [0.15, 0.2) is 77.7 Å². The monoisotopic (exact) mass is 520 g/mol. The molecule has 0 heterocycles. The van der Waals surface area contributed by atoms with Gasteiger partial charge in [-0.05, 0) is 63.3 Å². The molecule has 0 aliphatic carbocycles. The molecule has 3 aromatic carbocycles. The normalized spacial score (nSPS) is 12.3. The fourth-order valence-electron chi connectivity index (χ4n) is 4.27. The van der Waals surface area contributed by atoms with Crippen molar-refractivity contribution in [1.29, 1.82) is 0 Å². The Morgan fingerprint density at radius 3 is 1.86 bits per heavy atom. The lowest BCUT2D eigenvalue weighted by molar-refractivity contribution is -0.124. The molecule has 3 rings (SSSR count). The van der Waals surface area contributed by atoms with Crippen LogP contribution in [0.4, 0.5) is 5.69 Å². The molecule has 0 saturated heterocycles. The first-order chi connectivity index (χ1) is 17.4. The van der Waals surface area contributed by atoms with E-state index in [1.54, 1.807) is 29.7 Å². The molecule has 7 heteroatoms. The zero-order valence-corrected chi connectivity index (χ0v) is 23.1. The largest absolute Gasteiger partial charge is 0.288 e. The predicted molar refractivity (Wildman–Crippen MR) is 149 cm³/mol. The first-order valence-electron chi connectivity index (χ1n) is 12.5. The first-order valence-corrected chi connectivity index (χ1v) is 13.9. The van der Waals surface area contributed by atoms with Gasteiger partial charge in [-0.1, -0.05) is 96.1 Å². The first kappa shape index (κ1) is 28.2. The van der Waals surface area contributed by atoms with Crippen LogP contribution in [0.3, 0.4) is 0 Å². The van der Waals surface area contributed by atoms with Crippen molar-refractivity contribution in [3.8, 4) is 0 Å². The average molecular weight is 521 g/mol. The highest BCUT2D eigenvalue weighted by Crippen LogP contribution is 2.36. The molecule has 37 heavy (non-hydrogen) atoms. The second-order valence-corrected chi connectivity index (χ2v) is 11.7. The van der Waals surface area contributed by atoms with E-state index in [9.17, 15) is 13.2 Å². The number of amides is 1. The number of sulfonamides is 1. The lowest BCUT2D eigenvalue weighted by Crippen LogP contribution is -2.19. The number of nitrogens with one attached hydrogen (secondary N) is 2. The summed E-state index contributed by atoms with van der Waals surface area (Å²) in [5.74, 6) is -0.383. The van der Waals surface area contributed by atoms with Crippen LogP contribution in [-0.4, -0.2) is 19.5 Å². The summed E-state index contributed by atoms with van der Waals surface area (Å²) in [5, 5.41) is 9.07. The summed E-state index contributed by atoms with van der Waals surface area (Å²) < 4.78 is 30.6. The van der Waals surface area contributed by atoms with Gasteiger partial charge in [0, 0.05) is 11.8 Å². The van der Waals surface area contributed by atoms with Gasteiger partial charge in [0.05, 0.1) is 4.90 Å². The van der Waals surface area contributed by atoms with Crippen LogP contribution in [-0.2, 0) is 14.8 Å². The van der Waals surface area contributed by atoms with E-state index in [4.69, 9.17) is 5.21 Å². The van der Waals surface area contributed by atoms with Crippen molar-refractivity contribution >= 4 is 27.2 Å². The van der Waals surface area contributed by atoms with Crippen LogP contribution in [0, 0.1) is 0 Å². The molecule has 0 atom stereocenters. The molecule has 0 saturated carbocycles. The SMILES string of the molecule is CC(C)c1cc(C(C)C)c(S(=O)(=O)Nc2cccc(C(=CC(=O)NO)c3ccccc3)c2)c(C(C)C)c1. The maximum absolute atomic E-state index is 13.9. The predicted octanol–water partition coefficient (Wildman–Crippen LogP) is 6.79. The van der Waals surface area contributed by atoms with E-state index >= 15 is 0 Å². The van der Waals surface area contributed by atoms with Gasteiger partial charge in [0.25, 0.3) is 15.9 Å². The summed E-state index contributed by atoms with van der Waals surface area (Å²) in [6.45, 7) is 12.2. The van der Waals surface area contributed by atoms with Crippen molar-refractivity contribution in [2.24, 2.45) is 0 Å². The molecule has 0 radical (unpaired) electrons. The Kier molecular flexibility index (Phi) is 8.94. The summed E-state index contributed by atoms with van der Waals surface area (Å²) in [7, 11) is -3.93. The molecule has 196 valence electrons. The zero-order chi connectivity index (χ0) is 27.3. The number of hydrogen-bond acceptors (Lipinski definition) is 4. The van der Waals surface area contributed by atoms with E-state index in [1.807, 2.05) is 70.2 Å². The lowest BCUT2D eigenvalue weighted by Gasteiger charge is -2.23. The fourth-order valence-corrected chi connectivity index (χ4v) is 6.02. The molecular formula is C30H36N2O4S. The van der Waals surface area contributed by atoms with Crippen molar-refractivity contribution in [3.63, 3.8) is 0 Å². The van der Waals surface area contributed by atoms with Gasteiger partial charge in [0.2, 0.25) is 0 Å². The smallest absolute Gasteiger partial charge is 0.267 e. The minimum absolute atomic E-state index is 0.0127. The summed E-state index contributed by atoms with van der Waals surface area (Å²) in [4.78, 5) is 12.3. The third kappa shape index (κ3) is 6.67. The fraction of sp³-hybridized carbons (Fsp3) is 0.300. The Hall–Kier alpha value is -3.42. The molecular weight excluding hydrogens is 484 g/mol. The van der Waals surface area contributed by atoms with E-state index in [0.29, 0.717) is 21.7 Å². The molecule has 0 fully saturated rings. The Labute approximate surface area is 220 Å². The number of benzene rings is 3. The Morgan fingerprint density at radius 1 is 0.784 bits per heavy atom. The molecule has 0 aromatic heterocycles. The molecule has 0 aliphatic rings. The summed E-state index contributed by atoms with van der Waals surface area (Å²) >= 11 is 0. The Bertz CT molecular complexity index is 1360. The highest BCUT2D eigenvalue weighted by molar-refractivity contribution is 7.92. The number of anilines is 1. The van der Waals surface area contributed by atoms with E-state index in [0.717, 1.165) is 22.3 Å². The summed E-state index contributed by atoms with van der Waals surface area (Å²) in [5.41, 5.74) is 6.63. The second-order valence-electron chi connectivity index (χ2n) is 10.1. The van der Waals surface area contributed by atoms with Crippen molar-refractivity contribution in [3.05, 3.63) is 101 Å². The molecule has 0 spiro atoms. The van der Waals surface area contributed by atoms with Gasteiger partial charge >= 0.3 is 0 Å². The number of carbonyl (C=O) groups is 1. The van der Waals surface area contributed by atoms with Crippen LogP contribution < -0.4 is 10.2 Å². The average Bonchev–Trinajstić information content (AvgIpc) is 2.86.